The van der Waals surface area contributed by atoms with Gasteiger partial charge in [0.25, 0.3) is 7.42 Å². The van der Waals surface area contributed by atoms with E-state index in [2.05, 4.69) is 6.92 Å². The van der Waals surface area contributed by atoms with Gasteiger partial charge in [-0.2, -0.15) is 0 Å². The van der Waals surface area contributed by atoms with E-state index in [-0.39, 0.29) is 5.54 Å². The Morgan fingerprint density at radius 3 is 1.94 bits per heavy atom. The van der Waals surface area contributed by atoms with E-state index in [1.165, 1.54) is 32.1 Å². The molecule has 0 rings (SSSR count). The van der Waals surface area contributed by atoms with Crippen LogP contribution in [0.25, 0.3) is 0 Å². The molecule has 1 radical (unpaired) electrons. The SMILES string of the molecule is CCCCCCCCC(C[Si](Cl)(Cl)Cl)[Si](Cl)Cl. The first kappa shape index (κ1) is 18.9. The summed E-state index contributed by atoms with van der Waals surface area (Å²) in [5.74, 6) is 0. The van der Waals surface area contributed by atoms with Crippen molar-refractivity contribution in [2.75, 3.05) is 0 Å². The van der Waals surface area contributed by atoms with Gasteiger partial charge in [0, 0.05) is 0 Å². The van der Waals surface area contributed by atoms with Crippen LogP contribution in [0.3, 0.4) is 0 Å². The smallest absolute Gasteiger partial charge is 0.146 e. The van der Waals surface area contributed by atoms with E-state index in [0.717, 1.165) is 12.8 Å². The summed E-state index contributed by atoms with van der Waals surface area (Å²) in [6, 6.07) is -1.99. The number of halogens is 5. The molecule has 0 aromatic heterocycles. The molecule has 0 heterocycles. The molecule has 0 bridgehead atoms. The second-order valence-corrected chi connectivity index (χ2v) is 18.0. The van der Waals surface area contributed by atoms with Crippen LogP contribution in [-0.4, -0.2) is 13.4 Å². The Morgan fingerprint density at radius 2 is 1.47 bits per heavy atom. The Kier molecular flexibility index (Phi) is 11.8. The van der Waals surface area contributed by atoms with Crippen molar-refractivity contribution in [1.82, 2.24) is 0 Å². The van der Waals surface area contributed by atoms with Crippen molar-refractivity contribution in [2.45, 2.75) is 63.5 Å². The molecule has 0 aromatic rings. The van der Waals surface area contributed by atoms with Crippen LogP contribution in [-0.2, 0) is 0 Å². The zero-order chi connectivity index (χ0) is 13.3. The van der Waals surface area contributed by atoms with Crippen molar-refractivity contribution in [3.05, 3.63) is 0 Å². The quantitative estimate of drug-likeness (QED) is 0.226. The minimum atomic E-state index is -2.59. The molecule has 0 amide bonds. The Hall–Kier alpha value is 1.88. The van der Waals surface area contributed by atoms with Crippen LogP contribution in [0.1, 0.15) is 51.9 Å². The molecular formula is C10H20Cl5Si2. The lowest BCUT2D eigenvalue weighted by atomic mass is 10.1. The molecule has 0 aliphatic carbocycles. The highest BCUT2D eigenvalue weighted by Gasteiger charge is 2.33. The third kappa shape index (κ3) is 12.7. The molecule has 1 unspecified atom stereocenters. The van der Waals surface area contributed by atoms with E-state index < -0.39 is 13.4 Å². The van der Waals surface area contributed by atoms with Crippen LogP contribution < -0.4 is 0 Å². The van der Waals surface area contributed by atoms with E-state index in [1.807, 2.05) is 0 Å². The van der Waals surface area contributed by atoms with Gasteiger partial charge in [0.05, 0.1) is 0 Å². The second kappa shape index (κ2) is 10.6. The molecule has 103 valence electrons. The maximum absolute atomic E-state index is 6.03. The molecule has 0 N–H and O–H groups in total. The summed E-state index contributed by atoms with van der Waals surface area (Å²) >= 11 is 29.8. The van der Waals surface area contributed by atoms with Crippen LogP contribution in [0.4, 0.5) is 0 Å². The fraction of sp³-hybridized carbons (Fsp3) is 1.00. The average molecular weight is 374 g/mol. The molecule has 0 aliphatic heterocycles. The zero-order valence-electron chi connectivity index (χ0n) is 10.1. The summed E-state index contributed by atoms with van der Waals surface area (Å²) in [5.41, 5.74) is 0.230. The minimum Gasteiger partial charge on any atom is -0.146 e. The largest absolute Gasteiger partial charge is 0.341 e. The van der Waals surface area contributed by atoms with E-state index in [1.54, 1.807) is 0 Å². The number of hydrogen-bond acceptors (Lipinski definition) is 0. The minimum absolute atomic E-state index is 0.230. The molecule has 1 atom stereocenters. The van der Waals surface area contributed by atoms with Gasteiger partial charge >= 0.3 is 6.00 Å². The topological polar surface area (TPSA) is 0 Å². The molecule has 17 heavy (non-hydrogen) atoms. The maximum Gasteiger partial charge on any atom is 0.341 e. The van der Waals surface area contributed by atoms with Crippen LogP contribution >= 0.6 is 55.4 Å². The summed E-state index contributed by atoms with van der Waals surface area (Å²) in [7, 11) is -1.38. The Morgan fingerprint density at radius 1 is 0.941 bits per heavy atom. The summed E-state index contributed by atoms with van der Waals surface area (Å²) in [5, 5.41) is 0. The van der Waals surface area contributed by atoms with Crippen LogP contribution in [0.2, 0.25) is 11.6 Å². The van der Waals surface area contributed by atoms with Crippen molar-refractivity contribution >= 4 is 68.8 Å². The standard InChI is InChI=1S/C10H20Cl5Si2/c1-2-3-4-5-6-7-8-10(16(11)12)9-17(13,14)15/h10H,2-9H2,1H3. The normalized spacial score (nSPS) is 14.3. The second-order valence-electron chi connectivity index (χ2n) is 4.36. The monoisotopic (exact) mass is 371 g/mol. The van der Waals surface area contributed by atoms with Gasteiger partial charge in [-0.15, -0.1) is 55.4 Å². The molecule has 0 fully saturated rings. The zero-order valence-corrected chi connectivity index (χ0v) is 15.9. The van der Waals surface area contributed by atoms with Crippen molar-refractivity contribution < 1.29 is 0 Å². The molecular weight excluding hydrogens is 354 g/mol. The number of unbranched alkanes of at least 4 members (excludes halogenated alkanes) is 5. The number of hydrogen-bond donors (Lipinski definition) is 0. The molecule has 7 heteroatoms. The van der Waals surface area contributed by atoms with E-state index in [9.17, 15) is 0 Å². The highest BCUT2D eigenvalue weighted by atomic mass is 35.8. The fourth-order valence-corrected chi connectivity index (χ4v) is 9.34. The molecule has 0 spiro atoms. The van der Waals surface area contributed by atoms with Crippen molar-refractivity contribution in [3.8, 4) is 0 Å². The van der Waals surface area contributed by atoms with Gasteiger partial charge in [0.2, 0.25) is 0 Å². The third-order valence-electron chi connectivity index (χ3n) is 2.69. The van der Waals surface area contributed by atoms with E-state index in [4.69, 9.17) is 55.4 Å². The molecule has 0 aromatic carbocycles. The Bertz CT molecular complexity index is 184. The lowest BCUT2D eigenvalue weighted by Gasteiger charge is -2.19. The first-order valence-electron chi connectivity index (χ1n) is 6.11. The molecule has 0 nitrogen and oxygen atoms in total. The first-order valence-corrected chi connectivity index (χ1v) is 15.0. The molecule has 0 saturated carbocycles. The van der Waals surface area contributed by atoms with Crippen molar-refractivity contribution in [2.24, 2.45) is 0 Å². The third-order valence-corrected chi connectivity index (χ3v) is 8.41. The predicted molar refractivity (Wildman–Crippen MR) is 87.3 cm³/mol. The predicted octanol–water partition coefficient (Wildman–Crippen LogP) is 6.73. The lowest BCUT2D eigenvalue weighted by molar-refractivity contribution is 0.584. The van der Waals surface area contributed by atoms with Crippen LogP contribution in [0.5, 0.6) is 0 Å². The molecule has 0 aliphatic rings. The van der Waals surface area contributed by atoms with Crippen LogP contribution in [0.15, 0.2) is 0 Å². The average Bonchev–Trinajstić information content (AvgIpc) is 2.19. The first-order chi connectivity index (χ1) is 7.87. The summed E-state index contributed by atoms with van der Waals surface area (Å²) in [6.45, 7) is 2.22. The summed E-state index contributed by atoms with van der Waals surface area (Å²) < 4.78 is 0. The Balaban J connectivity index is 3.71. The summed E-state index contributed by atoms with van der Waals surface area (Å²) in [6.07, 6.45) is 8.60. The molecule has 0 saturated heterocycles. The summed E-state index contributed by atoms with van der Waals surface area (Å²) in [4.78, 5) is 0. The lowest BCUT2D eigenvalue weighted by Crippen LogP contribution is -2.18. The van der Waals surface area contributed by atoms with Gasteiger partial charge in [0.1, 0.15) is 0 Å². The van der Waals surface area contributed by atoms with E-state index in [0.29, 0.717) is 6.04 Å². The van der Waals surface area contributed by atoms with E-state index >= 15 is 0 Å². The van der Waals surface area contributed by atoms with Gasteiger partial charge in [-0.05, 0) is 11.6 Å². The van der Waals surface area contributed by atoms with Gasteiger partial charge in [0.15, 0.2) is 0 Å². The van der Waals surface area contributed by atoms with Gasteiger partial charge in [-0.3, -0.25) is 0 Å². The fourth-order valence-electron chi connectivity index (χ4n) is 1.74. The number of rotatable bonds is 10. The van der Waals surface area contributed by atoms with Crippen molar-refractivity contribution in [1.29, 1.82) is 0 Å². The van der Waals surface area contributed by atoms with Crippen molar-refractivity contribution in [3.63, 3.8) is 0 Å². The highest BCUT2D eigenvalue weighted by molar-refractivity contribution is 7.65. The maximum atomic E-state index is 6.03. The Labute approximate surface area is 131 Å². The van der Waals surface area contributed by atoms with Gasteiger partial charge in [-0.1, -0.05) is 51.9 Å². The van der Waals surface area contributed by atoms with Crippen LogP contribution in [0, 0.1) is 0 Å². The van der Waals surface area contributed by atoms with Gasteiger partial charge < -0.3 is 0 Å². The highest BCUT2D eigenvalue weighted by Crippen LogP contribution is 2.38. The van der Waals surface area contributed by atoms with Gasteiger partial charge in [-0.25, -0.2) is 0 Å².